The number of hydrogen-bond acceptors (Lipinski definition) is 5. The van der Waals surface area contributed by atoms with Gasteiger partial charge in [-0.2, -0.15) is 0 Å². The Hall–Kier alpha value is -3.88. The Bertz CT molecular complexity index is 1500. The van der Waals surface area contributed by atoms with Crippen molar-refractivity contribution < 1.29 is 14.8 Å². The number of pyridine rings is 1. The predicted octanol–water partition coefficient (Wildman–Crippen LogP) is 3.95. The van der Waals surface area contributed by atoms with Crippen molar-refractivity contribution >= 4 is 57.0 Å². The number of carbonyl (C=O) groups is 1. The van der Waals surface area contributed by atoms with E-state index in [0.29, 0.717) is 17.6 Å². The maximum atomic E-state index is 12.2. The molecule has 0 unspecified atom stereocenters. The molecular weight excluding hydrogens is 451 g/mol. The fraction of sp³-hybridized carbons (Fsp3) is 0.214. The third-order valence-corrected chi connectivity index (χ3v) is 6.50. The summed E-state index contributed by atoms with van der Waals surface area (Å²) in [4.78, 5) is 20.7. The zero-order valence-electron chi connectivity index (χ0n) is 20.0. The molecule has 1 amide bonds. The zero-order valence-corrected chi connectivity index (χ0v) is 20.0. The first-order chi connectivity index (χ1) is 17.6. The molecule has 8 heteroatoms. The number of nitrogens with one attached hydrogen (secondary N) is 3. The van der Waals surface area contributed by atoms with Crippen molar-refractivity contribution in [2.24, 2.45) is 0 Å². The summed E-state index contributed by atoms with van der Waals surface area (Å²) in [5, 5.41) is 27.1. The molecule has 0 aliphatic carbocycles. The number of amides is 1. The molecule has 2 heterocycles. The standard InChI is InChI=1S/C28H29BN4O3/c34-28(19-13-15-20(16-14-19)29(35)36)31-18-8-2-1-7-17-30-25-21-9-3-5-11-23(21)32-26-22-10-4-6-12-24(22)33-27(25)26/h3-6,9-16,33,35-36H,1-2,7-8,17-18H2,(H,30,32)(H,31,34). The number of benzene rings is 3. The van der Waals surface area contributed by atoms with E-state index >= 15 is 0 Å². The van der Waals surface area contributed by atoms with E-state index in [9.17, 15) is 4.79 Å². The van der Waals surface area contributed by atoms with Crippen LogP contribution in [0.2, 0.25) is 0 Å². The van der Waals surface area contributed by atoms with Crippen LogP contribution in [-0.2, 0) is 0 Å². The Kier molecular flexibility index (Phi) is 7.16. The van der Waals surface area contributed by atoms with Crippen LogP contribution in [0.25, 0.3) is 32.8 Å². The lowest BCUT2D eigenvalue weighted by molar-refractivity contribution is 0.0953. The maximum Gasteiger partial charge on any atom is 0.488 e. The van der Waals surface area contributed by atoms with Gasteiger partial charge in [-0.3, -0.25) is 4.79 Å². The van der Waals surface area contributed by atoms with Gasteiger partial charge in [-0.15, -0.1) is 0 Å². The number of aromatic amines is 1. The molecule has 3 aromatic carbocycles. The summed E-state index contributed by atoms with van der Waals surface area (Å²) >= 11 is 0. The van der Waals surface area contributed by atoms with E-state index in [-0.39, 0.29) is 5.91 Å². The third kappa shape index (κ3) is 5.05. The van der Waals surface area contributed by atoms with Crippen LogP contribution in [0.4, 0.5) is 5.69 Å². The van der Waals surface area contributed by atoms with Gasteiger partial charge in [0.1, 0.15) is 0 Å². The molecule has 2 aromatic heterocycles. The Balaban J connectivity index is 1.12. The van der Waals surface area contributed by atoms with Crippen molar-refractivity contribution in [3.05, 3.63) is 78.4 Å². The number of hydrogen-bond donors (Lipinski definition) is 5. The highest BCUT2D eigenvalue weighted by Crippen LogP contribution is 2.34. The Morgan fingerprint density at radius 1 is 0.833 bits per heavy atom. The number of fused-ring (bicyclic) bond motifs is 4. The Labute approximate surface area is 209 Å². The molecule has 0 bridgehead atoms. The van der Waals surface area contributed by atoms with Gasteiger partial charge in [0.15, 0.2) is 0 Å². The molecule has 5 aromatic rings. The monoisotopic (exact) mass is 480 g/mol. The summed E-state index contributed by atoms with van der Waals surface area (Å²) in [6, 6.07) is 22.8. The van der Waals surface area contributed by atoms with Crippen LogP contribution in [-0.4, -0.2) is 46.1 Å². The summed E-state index contributed by atoms with van der Waals surface area (Å²) in [6.07, 6.45) is 4.02. The van der Waals surface area contributed by atoms with Crippen LogP contribution in [0.5, 0.6) is 0 Å². The maximum absolute atomic E-state index is 12.2. The molecule has 36 heavy (non-hydrogen) atoms. The number of nitrogens with zero attached hydrogens (tertiary/aromatic N) is 1. The molecule has 0 spiro atoms. The van der Waals surface area contributed by atoms with Crippen molar-refractivity contribution in [1.82, 2.24) is 15.3 Å². The fourth-order valence-corrected chi connectivity index (χ4v) is 4.57. The Morgan fingerprint density at radius 3 is 2.31 bits per heavy atom. The minimum absolute atomic E-state index is 0.150. The second-order valence-electron chi connectivity index (χ2n) is 8.99. The predicted molar refractivity (Wildman–Crippen MR) is 147 cm³/mol. The van der Waals surface area contributed by atoms with E-state index in [1.807, 2.05) is 24.3 Å². The second kappa shape index (κ2) is 10.8. The number of unbranched alkanes of at least 4 members (excludes halogenated alkanes) is 3. The first kappa shape index (κ1) is 23.8. The van der Waals surface area contributed by atoms with E-state index in [1.54, 1.807) is 24.3 Å². The molecule has 5 rings (SSSR count). The molecule has 0 saturated heterocycles. The molecular formula is C28H29BN4O3. The van der Waals surface area contributed by atoms with E-state index in [0.717, 1.165) is 70.8 Å². The molecule has 182 valence electrons. The number of aromatic nitrogens is 2. The van der Waals surface area contributed by atoms with Gasteiger partial charge in [-0.25, -0.2) is 4.98 Å². The number of anilines is 1. The van der Waals surface area contributed by atoms with Crippen molar-refractivity contribution in [2.75, 3.05) is 18.4 Å². The molecule has 0 fully saturated rings. The van der Waals surface area contributed by atoms with Crippen molar-refractivity contribution in [2.45, 2.75) is 25.7 Å². The van der Waals surface area contributed by atoms with Gasteiger partial charge in [-0.1, -0.05) is 61.4 Å². The Morgan fingerprint density at radius 2 is 1.53 bits per heavy atom. The first-order valence-electron chi connectivity index (χ1n) is 12.4. The van der Waals surface area contributed by atoms with Gasteiger partial charge >= 0.3 is 7.12 Å². The van der Waals surface area contributed by atoms with Crippen LogP contribution < -0.4 is 16.1 Å². The third-order valence-electron chi connectivity index (χ3n) is 6.50. The SMILES string of the molecule is O=C(NCCCCCCNc1c2ccccc2nc2c1[nH]c1ccccc12)c1ccc(B(O)O)cc1. The highest BCUT2D eigenvalue weighted by Gasteiger charge is 2.14. The normalized spacial score (nSPS) is 11.3. The summed E-state index contributed by atoms with van der Waals surface area (Å²) < 4.78 is 0. The largest absolute Gasteiger partial charge is 0.488 e. The lowest BCUT2D eigenvalue weighted by atomic mass is 9.80. The van der Waals surface area contributed by atoms with Gasteiger partial charge in [0, 0.05) is 34.9 Å². The van der Waals surface area contributed by atoms with Gasteiger partial charge < -0.3 is 25.7 Å². The lowest BCUT2D eigenvalue weighted by Gasteiger charge is -2.11. The molecule has 5 N–H and O–H groups in total. The minimum atomic E-state index is -1.53. The quantitative estimate of drug-likeness (QED) is 0.154. The lowest BCUT2D eigenvalue weighted by Crippen LogP contribution is -2.30. The van der Waals surface area contributed by atoms with Crippen LogP contribution in [0.1, 0.15) is 36.0 Å². The molecule has 0 aliphatic rings. The van der Waals surface area contributed by atoms with E-state index in [4.69, 9.17) is 15.0 Å². The number of para-hydroxylation sites is 2. The van der Waals surface area contributed by atoms with Crippen molar-refractivity contribution in [1.29, 1.82) is 0 Å². The van der Waals surface area contributed by atoms with Gasteiger partial charge in [0.2, 0.25) is 0 Å². The average Bonchev–Trinajstić information content (AvgIpc) is 3.28. The number of rotatable bonds is 10. The second-order valence-corrected chi connectivity index (χ2v) is 8.99. The van der Waals surface area contributed by atoms with Gasteiger partial charge in [0.25, 0.3) is 5.91 Å². The van der Waals surface area contributed by atoms with Crippen LogP contribution in [0, 0.1) is 0 Å². The average molecular weight is 480 g/mol. The summed E-state index contributed by atoms with van der Waals surface area (Å²) in [6.45, 7) is 1.47. The molecule has 0 aliphatic heterocycles. The molecule has 0 saturated carbocycles. The summed E-state index contributed by atoms with van der Waals surface area (Å²) in [7, 11) is -1.53. The summed E-state index contributed by atoms with van der Waals surface area (Å²) in [5.74, 6) is -0.150. The van der Waals surface area contributed by atoms with Crippen molar-refractivity contribution in [3.63, 3.8) is 0 Å². The van der Waals surface area contributed by atoms with E-state index in [1.165, 1.54) is 0 Å². The molecule has 7 nitrogen and oxygen atoms in total. The highest BCUT2D eigenvalue weighted by atomic mass is 16.4. The smallest absolute Gasteiger partial charge is 0.423 e. The fourth-order valence-electron chi connectivity index (χ4n) is 4.57. The van der Waals surface area contributed by atoms with Gasteiger partial charge in [-0.05, 0) is 42.6 Å². The topological polar surface area (TPSA) is 110 Å². The summed E-state index contributed by atoms with van der Waals surface area (Å²) in [5.41, 5.74) is 6.07. The van der Waals surface area contributed by atoms with Crippen LogP contribution in [0.3, 0.4) is 0 Å². The molecule has 0 radical (unpaired) electrons. The van der Waals surface area contributed by atoms with Crippen molar-refractivity contribution in [3.8, 4) is 0 Å². The first-order valence-corrected chi connectivity index (χ1v) is 12.4. The van der Waals surface area contributed by atoms with Crippen LogP contribution >= 0.6 is 0 Å². The van der Waals surface area contributed by atoms with Crippen LogP contribution in [0.15, 0.2) is 72.8 Å². The number of H-pyrrole nitrogens is 1. The zero-order chi connectivity index (χ0) is 24.9. The highest BCUT2D eigenvalue weighted by molar-refractivity contribution is 6.58. The van der Waals surface area contributed by atoms with E-state index < -0.39 is 7.12 Å². The molecule has 0 atom stereocenters. The van der Waals surface area contributed by atoms with E-state index in [2.05, 4.69) is 39.9 Å². The number of carbonyl (C=O) groups excluding carboxylic acids is 1. The minimum Gasteiger partial charge on any atom is -0.423 e. The van der Waals surface area contributed by atoms with Gasteiger partial charge in [0.05, 0.1) is 22.2 Å².